The maximum absolute atomic E-state index is 13.9. The van der Waals surface area contributed by atoms with Gasteiger partial charge in [0.05, 0.1) is 46.2 Å². The van der Waals surface area contributed by atoms with Gasteiger partial charge < -0.3 is 14.2 Å². The Morgan fingerprint density at radius 1 is 1.02 bits per heavy atom. The minimum absolute atomic E-state index is 0.244. The summed E-state index contributed by atoms with van der Waals surface area (Å²) in [6.07, 6.45) is 1.49. The second-order valence-electron chi connectivity index (χ2n) is 10.2. The summed E-state index contributed by atoms with van der Waals surface area (Å²) < 4.78 is 19.1. The number of thiazole rings is 1. The molecule has 5 rings (SSSR count). The van der Waals surface area contributed by atoms with Crippen molar-refractivity contribution >= 4 is 23.4 Å². The van der Waals surface area contributed by atoms with Crippen molar-refractivity contribution in [3.8, 4) is 17.6 Å². The highest BCUT2D eigenvalue weighted by atomic mass is 32.1. The molecule has 0 spiro atoms. The van der Waals surface area contributed by atoms with E-state index in [4.69, 9.17) is 19.5 Å². The zero-order chi connectivity index (χ0) is 30.5. The summed E-state index contributed by atoms with van der Waals surface area (Å²) in [6, 6.07) is 23.5. The number of carbonyl (C=O) groups is 1. The first-order valence-electron chi connectivity index (χ1n) is 14.0. The van der Waals surface area contributed by atoms with Crippen LogP contribution < -0.4 is 24.4 Å². The van der Waals surface area contributed by atoms with E-state index < -0.39 is 12.0 Å². The van der Waals surface area contributed by atoms with Crippen LogP contribution >= 0.6 is 11.3 Å². The highest BCUT2D eigenvalue weighted by Gasteiger charge is 2.33. The van der Waals surface area contributed by atoms with Crippen molar-refractivity contribution in [2.75, 3.05) is 6.61 Å². The molecule has 4 aromatic rings. The van der Waals surface area contributed by atoms with Crippen molar-refractivity contribution in [1.29, 1.82) is 5.26 Å². The third-order valence-electron chi connectivity index (χ3n) is 6.76. The van der Waals surface area contributed by atoms with Crippen LogP contribution in [0.3, 0.4) is 0 Å². The van der Waals surface area contributed by atoms with Crippen molar-refractivity contribution < 1.29 is 19.0 Å². The predicted octanol–water partition coefficient (Wildman–Crippen LogP) is 5.04. The van der Waals surface area contributed by atoms with Crippen LogP contribution in [0.25, 0.3) is 6.08 Å². The monoisotopic (exact) mass is 593 g/mol. The molecule has 1 aliphatic heterocycles. The minimum Gasteiger partial charge on any atom is -0.494 e. The molecule has 218 valence electrons. The number of hydrogen-bond acceptors (Lipinski definition) is 8. The van der Waals surface area contributed by atoms with E-state index in [2.05, 4.69) is 11.1 Å². The highest BCUT2D eigenvalue weighted by molar-refractivity contribution is 7.07. The van der Waals surface area contributed by atoms with Gasteiger partial charge in [0.25, 0.3) is 5.56 Å². The zero-order valence-corrected chi connectivity index (χ0v) is 25.2. The molecular weight excluding hydrogens is 562 g/mol. The van der Waals surface area contributed by atoms with Gasteiger partial charge in [-0.3, -0.25) is 9.36 Å². The quantitative estimate of drug-likeness (QED) is 0.252. The summed E-state index contributed by atoms with van der Waals surface area (Å²) in [5, 5.41) is 8.96. The van der Waals surface area contributed by atoms with Crippen LogP contribution in [0.2, 0.25) is 0 Å². The largest absolute Gasteiger partial charge is 0.494 e. The van der Waals surface area contributed by atoms with Crippen LogP contribution in [0.15, 0.2) is 93.9 Å². The minimum atomic E-state index is -0.696. The zero-order valence-electron chi connectivity index (χ0n) is 24.4. The van der Waals surface area contributed by atoms with E-state index in [-0.39, 0.29) is 11.7 Å². The molecule has 43 heavy (non-hydrogen) atoms. The Kier molecular flexibility index (Phi) is 8.88. The lowest BCUT2D eigenvalue weighted by molar-refractivity contribution is -0.143. The maximum Gasteiger partial charge on any atom is 0.338 e. The van der Waals surface area contributed by atoms with Crippen molar-refractivity contribution in [3.05, 3.63) is 126 Å². The first kappa shape index (κ1) is 29.5. The molecule has 0 N–H and O–H groups in total. The van der Waals surface area contributed by atoms with E-state index in [1.165, 1.54) is 11.3 Å². The fourth-order valence-electron chi connectivity index (χ4n) is 4.74. The van der Waals surface area contributed by atoms with E-state index in [1.54, 1.807) is 37.5 Å². The van der Waals surface area contributed by atoms with Crippen molar-refractivity contribution in [2.45, 2.75) is 46.4 Å². The number of nitriles is 1. The van der Waals surface area contributed by atoms with Gasteiger partial charge in [0.15, 0.2) is 4.80 Å². The molecule has 8 nitrogen and oxygen atoms in total. The summed E-state index contributed by atoms with van der Waals surface area (Å²) in [4.78, 5) is 32.3. The molecule has 0 amide bonds. The maximum atomic E-state index is 13.9. The Bertz CT molecular complexity index is 1880. The Hall–Kier alpha value is -4.94. The standard InChI is InChI=1S/C34H31N3O5S/c1-5-40-27-16-12-26(13-17-27)31-30(33(39)42-21(2)3)22(4)36-34-37(31)32(38)29(43-34)18-23-10-14-28(15-11-23)41-20-25-8-6-24(19-35)7-9-25/h6-18,21,31H,5,20H2,1-4H3/b29-18+/t31-/m0/s1. The number of benzene rings is 3. The number of rotatable bonds is 9. The molecule has 0 fully saturated rings. The molecule has 3 aromatic carbocycles. The third-order valence-corrected chi connectivity index (χ3v) is 7.74. The lowest BCUT2D eigenvalue weighted by atomic mass is 9.96. The number of allylic oxidation sites excluding steroid dienone is 1. The molecule has 0 saturated heterocycles. The second-order valence-corrected chi connectivity index (χ2v) is 11.2. The molecule has 1 atom stereocenters. The molecule has 0 unspecified atom stereocenters. The topological polar surface area (TPSA) is 103 Å². The van der Waals surface area contributed by atoms with Gasteiger partial charge in [-0.05, 0) is 86.9 Å². The van der Waals surface area contributed by atoms with Gasteiger partial charge in [-0.2, -0.15) is 5.26 Å². The Labute approximate surface area is 253 Å². The van der Waals surface area contributed by atoms with Crippen LogP contribution in [0.1, 0.15) is 56.0 Å². The molecule has 2 heterocycles. The van der Waals surface area contributed by atoms with Gasteiger partial charge in [-0.15, -0.1) is 0 Å². The first-order valence-corrected chi connectivity index (χ1v) is 14.8. The number of nitrogens with zero attached hydrogens (tertiary/aromatic N) is 3. The van der Waals surface area contributed by atoms with E-state index in [0.29, 0.717) is 50.9 Å². The average Bonchev–Trinajstić information content (AvgIpc) is 3.30. The third kappa shape index (κ3) is 6.60. The van der Waals surface area contributed by atoms with Crippen LogP contribution in [-0.2, 0) is 16.1 Å². The molecule has 1 aromatic heterocycles. The summed E-state index contributed by atoms with van der Waals surface area (Å²) >= 11 is 1.28. The lowest BCUT2D eigenvalue weighted by Crippen LogP contribution is -2.40. The smallest absolute Gasteiger partial charge is 0.338 e. The molecular formula is C34H31N3O5S. The van der Waals surface area contributed by atoms with Crippen molar-refractivity contribution in [1.82, 2.24) is 4.57 Å². The number of esters is 1. The SMILES string of the molecule is CCOc1ccc([C@H]2C(C(=O)OC(C)C)=C(C)N=c3s/c(=C/c4ccc(OCc5ccc(C#N)cc5)cc4)c(=O)n32)cc1. The molecule has 0 bridgehead atoms. The number of hydrogen-bond donors (Lipinski definition) is 0. The normalized spacial score (nSPS) is 14.6. The number of carbonyl (C=O) groups excluding carboxylic acids is 1. The summed E-state index contributed by atoms with van der Waals surface area (Å²) in [7, 11) is 0. The van der Waals surface area contributed by atoms with E-state index in [9.17, 15) is 9.59 Å². The lowest BCUT2D eigenvalue weighted by Gasteiger charge is -2.25. The Morgan fingerprint density at radius 2 is 1.67 bits per heavy atom. The molecule has 0 saturated carbocycles. The van der Waals surface area contributed by atoms with Crippen molar-refractivity contribution in [2.24, 2.45) is 4.99 Å². The van der Waals surface area contributed by atoms with Gasteiger partial charge in [-0.1, -0.05) is 47.7 Å². The molecule has 1 aliphatic rings. The second kappa shape index (κ2) is 12.9. The van der Waals surface area contributed by atoms with Gasteiger partial charge in [-0.25, -0.2) is 9.79 Å². The number of ether oxygens (including phenoxy) is 3. The summed E-state index contributed by atoms with van der Waals surface area (Å²) in [5.74, 6) is 0.887. The van der Waals surface area contributed by atoms with Crippen LogP contribution in [0, 0.1) is 11.3 Å². The summed E-state index contributed by atoms with van der Waals surface area (Å²) in [5.41, 5.74) is 3.74. The van der Waals surface area contributed by atoms with Gasteiger partial charge in [0.2, 0.25) is 0 Å². The Balaban J connectivity index is 1.47. The number of fused-ring (bicyclic) bond motifs is 1. The van der Waals surface area contributed by atoms with E-state index in [0.717, 1.165) is 16.7 Å². The fraction of sp³-hybridized carbons (Fsp3) is 0.235. The van der Waals surface area contributed by atoms with Crippen LogP contribution in [0.5, 0.6) is 11.5 Å². The highest BCUT2D eigenvalue weighted by Crippen LogP contribution is 2.32. The van der Waals surface area contributed by atoms with Gasteiger partial charge in [0.1, 0.15) is 18.1 Å². The van der Waals surface area contributed by atoms with Gasteiger partial charge in [0, 0.05) is 0 Å². The summed E-state index contributed by atoms with van der Waals surface area (Å²) in [6.45, 7) is 8.17. The first-order chi connectivity index (χ1) is 20.8. The van der Waals surface area contributed by atoms with E-state index >= 15 is 0 Å². The van der Waals surface area contributed by atoms with E-state index in [1.807, 2.05) is 73.7 Å². The average molecular weight is 594 g/mol. The van der Waals surface area contributed by atoms with Crippen molar-refractivity contribution in [3.63, 3.8) is 0 Å². The molecule has 9 heteroatoms. The fourth-order valence-corrected chi connectivity index (χ4v) is 5.79. The molecule has 0 radical (unpaired) electrons. The Morgan fingerprint density at radius 3 is 2.30 bits per heavy atom. The van der Waals surface area contributed by atoms with Crippen LogP contribution in [-0.4, -0.2) is 23.2 Å². The number of aromatic nitrogens is 1. The molecule has 0 aliphatic carbocycles. The predicted molar refractivity (Wildman–Crippen MR) is 165 cm³/mol. The van der Waals surface area contributed by atoms with Crippen LogP contribution in [0.4, 0.5) is 0 Å². The van der Waals surface area contributed by atoms with Gasteiger partial charge >= 0.3 is 5.97 Å².